The molecule has 1 N–H and O–H groups in total. The van der Waals surface area contributed by atoms with Gasteiger partial charge in [-0.2, -0.15) is 0 Å². The Balaban J connectivity index is 2.81. The summed E-state index contributed by atoms with van der Waals surface area (Å²) in [6.45, 7) is 7.63. The van der Waals surface area contributed by atoms with Gasteiger partial charge in [0.1, 0.15) is 11.4 Å². The molecule has 0 amide bonds. The first-order valence-electron chi connectivity index (χ1n) is 8.85. The van der Waals surface area contributed by atoms with Gasteiger partial charge in [-0.1, -0.05) is 48.5 Å². The first kappa shape index (κ1) is 19.4. The molecule has 1 atom stereocenters. The van der Waals surface area contributed by atoms with Gasteiger partial charge in [-0.05, 0) is 45.4 Å². The summed E-state index contributed by atoms with van der Waals surface area (Å²) in [6.07, 6.45) is 1.97. The van der Waals surface area contributed by atoms with E-state index < -0.39 is 7.26 Å². The quantitative estimate of drug-likeness (QED) is 0.403. The number of aliphatic hydroxyl groups is 1. The van der Waals surface area contributed by atoms with Gasteiger partial charge in [-0.15, -0.1) is 0 Å². The van der Waals surface area contributed by atoms with Crippen molar-refractivity contribution in [1.82, 2.24) is 0 Å². The van der Waals surface area contributed by atoms with Crippen LogP contribution in [0.15, 0.2) is 72.0 Å². The molecule has 0 bridgehead atoms. The van der Waals surface area contributed by atoms with Crippen molar-refractivity contribution >= 4 is 18.4 Å². The van der Waals surface area contributed by atoms with E-state index in [0.717, 1.165) is 17.9 Å². The zero-order valence-corrected chi connectivity index (χ0v) is 16.5. The van der Waals surface area contributed by atoms with Crippen molar-refractivity contribution in [3.63, 3.8) is 0 Å². The maximum absolute atomic E-state index is 12.5. The number of aliphatic hydroxyl groups excluding tert-OH is 1. The minimum absolute atomic E-state index is 0.0453. The Labute approximate surface area is 151 Å². The first-order valence-corrected chi connectivity index (χ1v) is 11.1. The van der Waals surface area contributed by atoms with Crippen molar-refractivity contribution in [3.8, 4) is 0 Å². The second-order valence-electron chi connectivity index (χ2n) is 6.37. The van der Waals surface area contributed by atoms with E-state index >= 15 is 0 Å². The van der Waals surface area contributed by atoms with Gasteiger partial charge in [-0.25, -0.2) is 0 Å². The monoisotopic (exact) mass is 355 g/mol. The van der Waals surface area contributed by atoms with E-state index in [1.54, 1.807) is 13.8 Å². The Kier molecular flexibility index (Phi) is 6.56. The van der Waals surface area contributed by atoms with Gasteiger partial charge in [-0.3, -0.25) is 4.79 Å². The zero-order chi connectivity index (χ0) is 18.4. The normalized spacial score (nSPS) is 13.9. The van der Waals surface area contributed by atoms with Crippen LogP contribution in [0, 0.1) is 0 Å². The summed E-state index contributed by atoms with van der Waals surface area (Å²) >= 11 is 0. The molecule has 2 aromatic rings. The Morgan fingerprint density at radius 1 is 0.920 bits per heavy atom. The van der Waals surface area contributed by atoms with Crippen molar-refractivity contribution < 1.29 is 9.90 Å². The summed E-state index contributed by atoms with van der Waals surface area (Å²) in [5, 5.41) is 11.7. The minimum Gasteiger partial charge on any atom is -0.512 e. The molecule has 0 aliphatic heterocycles. The second kappa shape index (κ2) is 8.45. The highest BCUT2D eigenvalue weighted by molar-refractivity contribution is 7.83. The number of ketones is 1. The van der Waals surface area contributed by atoms with Gasteiger partial charge in [0.2, 0.25) is 0 Å². The first-order chi connectivity index (χ1) is 12.0. The molecule has 0 aliphatic carbocycles. The Hall–Kier alpha value is -1.92. The van der Waals surface area contributed by atoms with Gasteiger partial charge < -0.3 is 5.11 Å². The molecule has 2 nitrogen and oxygen atoms in total. The smallest absolute Gasteiger partial charge is 0.163 e. The summed E-state index contributed by atoms with van der Waals surface area (Å²) in [5.74, 6) is 0.0969. The maximum Gasteiger partial charge on any atom is 0.163 e. The van der Waals surface area contributed by atoms with Crippen LogP contribution in [0.4, 0.5) is 0 Å². The molecule has 0 spiro atoms. The van der Waals surface area contributed by atoms with Crippen LogP contribution < -0.4 is 5.30 Å². The lowest BCUT2D eigenvalue weighted by molar-refractivity contribution is -0.113. The summed E-state index contributed by atoms with van der Waals surface area (Å²) < 4.78 is 0. The van der Waals surface area contributed by atoms with Crippen molar-refractivity contribution in [3.05, 3.63) is 77.6 Å². The van der Waals surface area contributed by atoms with E-state index in [9.17, 15) is 9.90 Å². The molecule has 0 fully saturated rings. The van der Waals surface area contributed by atoms with E-state index in [-0.39, 0.29) is 17.2 Å². The molecule has 132 valence electrons. The van der Waals surface area contributed by atoms with E-state index in [2.05, 4.69) is 50.2 Å². The molecular formula is C22H28O2P+. The largest absolute Gasteiger partial charge is 0.512 e. The Morgan fingerprint density at radius 2 is 1.40 bits per heavy atom. The number of allylic oxidation sites excluding steroid dienone is 2. The minimum atomic E-state index is -1.74. The molecular weight excluding hydrogens is 327 g/mol. The number of Topliss-reactive ketones (excluding diaryl/α,β-unsaturated/α-hetero) is 1. The van der Waals surface area contributed by atoms with E-state index in [4.69, 9.17) is 0 Å². The third-order valence-corrected chi connectivity index (χ3v) is 10.2. The molecule has 1 unspecified atom stereocenters. The van der Waals surface area contributed by atoms with Crippen molar-refractivity contribution in [1.29, 1.82) is 0 Å². The third kappa shape index (κ3) is 3.85. The SMILES string of the molecule is CC[P+](CC)(c1ccccc1)C(/C(C(C)=O)=C(/C)O)c1ccccc1. The molecule has 25 heavy (non-hydrogen) atoms. The number of carbonyl (C=O) groups excluding carboxylic acids is 1. The maximum atomic E-state index is 12.5. The van der Waals surface area contributed by atoms with Crippen LogP contribution in [0.2, 0.25) is 0 Å². The van der Waals surface area contributed by atoms with Gasteiger partial charge in [0.25, 0.3) is 0 Å². The molecule has 0 aliphatic rings. The Bertz CT molecular complexity index is 727. The number of rotatable bonds is 7. The van der Waals surface area contributed by atoms with Crippen LogP contribution in [-0.4, -0.2) is 23.2 Å². The van der Waals surface area contributed by atoms with E-state index in [0.29, 0.717) is 5.57 Å². The van der Waals surface area contributed by atoms with Crippen LogP contribution in [0.5, 0.6) is 0 Å². The zero-order valence-electron chi connectivity index (χ0n) is 15.6. The summed E-state index contributed by atoms with van der Waals surface area (Å²) in [4.78, 5) is 12.5. The van der Waals surface area contributed by atoms with Crippen molar-refractivity contribution in [2.24, 2.45) is 0 Å². The van der Waals surface area contributed by atoms with Crippen LogP contribution in [0.1, 0.15) is 38.9 Å². The highest BCUT2D eigenvalue weighted by Gasteiger charge is 2.49. The van der Waals surface area contributed by atoms with Crippen LogP contribution in [0.25, 0.3) is 0 Å². The fourth-order valence-electron chi connectivity index (χ4n) is 3.81. The molecule has 0 saturated heterocycles. The van der Waals surface area contributed by atoms with Crippen LogP contribution in [-0.2, 0) is 4.79 Å². The van der Waals surface area contributed by atoms with Gasteiger partial charge in [0.15, 0.2) is 5.78 Å². The Morgan fingerprint density at radius 3 is 1.80 bits per heavy atom. The lowest BCUT2D eigenvalue weighted by Gasteiger charge is -2.34. The average molecular weight is 355 g/mol. The molecule has 2 aromatic carbocycles. The lowest BCUT2D eigenvalue weighted by Crippen LogP contribution is -2.26. The van der Waals surface area contributed by atoms with Gasteiger partial charge >= 0.3 is 0 Å². The molecule has 0 radical (unpaired) electrons. The van der Waals surface area contributed by atoms with Crippen molar-refractivity contribution in [2.45, 2.75) is 33.4 Å². The highest BCUT2D eigenvalue weighted by atomic mass is 31.2. The summed E-state index contributed by atoms with van der Waals surface area (Å²) in [5.41, 5.74) is 1.60. The van der Waals surface area contributed by atoms with Crippen molar-refractivity contribution in [2.75, 3.05) is 12.3 Å². The molecule has 0 aromatic heterocycles. The van der Waals surface area contributed by atoms with Crippen LogP contribution >= 0.6 is 7.26 Å². The fourth-order valence-corrected chi connectivity index (χ4v) is 8.39. The molecule has 0 heterocycles. The van der Waals surface area contributed by atoms with Gasteiger partial charge in [0, 0.05) is 0 Å². The fraction of sp³-hybridized carbons (Fsp3) is 0.318. The molecule has 0 saturated carbocycles. The standard InChI is InChI=1S/C22H27O2P/c1-5-25(6-2,20-15-11-8-12-16-20)22(19-13-9-7-10-14-19)21(17(3)23)18(4)24/h7-16,22H,5-6H2,1-4H3/p+1. The summed E-state index contributed by atoms with van der Waals surface area (Å²) in [7, 11) is -1.74. The predicted octanol–water partition coefficient (Wildman–Crippen LogP) is 5.53. The molecule has 2 rings (SSSR count). The topological polar surface area (TPSA) is 37.3 Å². The summed E-state index contributed by atoms with van der Waals surface area (Å²) in [6, 6.07) is 20.7. The second-order valence-corrected chi connectivity index (χ2v) is 10.7. The number of benzene rings is 2. The van der Waals surface area contributed by atoms with Gasteiger partial charge in [0.05, 0.1) is 30.5 Å². The predicted molar refractivity (Wildman–Crippen MR) is 109 cm³/mol. The highest BCUT2D eigenvalue weighted by Crippen LogP contribution is 2.70. The van der Waals surface area contributed by atoms with Crippen LogP contribution in [0.3, 0.4) is 0 Å². The third-order valence-electron chi connectivity index (χ3n) is 5.05. The number of carbonyl (C=O) groups is 1. The number of hydrogen-bond acceptors (Lipinski definition) is 2. The molecule has 3 heteroatoms. The lowest BCUT2D eigenvalue weighted by atomic mass is 10.0. The van der Waals surface area contributed by atoms with E-state index in [1.165, 1.54) is 5.30 Å². The van der Waals surface area contributed by atoms with E-state index in [1.807, 2.05) is 24.3 Å². The average Bonchev–Trinajstić information content (AvgIpc) is 2.63. The number of hydrogen-bond donors (Lipinski definition) is 1.